The van der Waals surface area contributed by atoms with E-state index in [4.69, 9.17) is 5.73 Å². The van der Waals surface area contributed by atoms with Gasteiger partial charge in [0, 0.05) is 18.7 Å². The zero-order valence-corrected chi connectivity index (χ0v) is 11.6. The van der Waals surface area contributed by atoms with Gasteiger partial charge in [-0.05, 0) is 36.8 Å². The summed E-state index contributed by atoms with van der Waals surface area (Å²) in [6.07, 6.45) is 0. The number of carbonyl (C=O) groups is 1. The van der Waals surface area contributed by atoms with Crippen LogP contribution in [0.25, 0.3) is 0 Å². The predicted molar refractivity (Wildman–Crippen MR) is 78.6 cm³/mol. The van der Waals surface area contributed by atoms with Crippen molar-refractivity contribution in [1.82, 2.24) is 5.32 Å². The van der Waals surface area contributed by atoms with Crippen LogP contribution < -0.4 is 16.4 Å². The van der Waals surface area contributed by atoms with Crippen molar-refractivity contribution >= 4 is 23.0 Å². The monoisotopic (exact) mass is 291 g/mol. The summed E-state index contributed by atoms with van der Waals surface area (Å²) in [5.74, 6) is -1.37. The van der Waals surface area contributed by atoms with Gasteiger partial charge in [0.1, 0.15) is 11.6 Å². The molecular formula is C15H15F2N3O. The van der Waals surface area contributed by atoms with Crippen LogP contribution in [0.2, 0.25) is 0 Å². The van der Waals surface area contributed by atoms with E-state index in [-0.39, 0.29) is 22.8 Å². The van der Waals surface area contributed by atoms with Crippen molar-refractivity contribution < 1.29 is 13.6 Å². The molecule has 0 aliphatic carbocycles. The number of nitrogens with two attached hydrogens (primary N) is 1. The molecule has 0 fully saturated rings. The molecule has 0 aliphatic heterocycles. The maximum Gasteiger partial charge on any atom is 0.251 e. The lowest BCUT2D eigenvalue weighted by Gasteiger charge is -2.12. The van der Waals surface area contributed by atoms with E-state index in [1.54, 1.807) is 6.07 Å². The molecule has 0 aromatic heterocycles. The first kappa shape index (κ1) is 14.8. The molecule has 0 saturated carbocycles. The van der Waals surface area contributed by atoms with Crippen LogP contribution in [-0.4, -0.2) is 13.0 Å². The normalized spacial score (nSPS) is 10.3. The van der Waals surface area contributed by atoms with Crippen molar-refractivity contribution in [3.05, 3.63) is 53.1 Å². The third kappa shape index (κ3) is 3.10. The first-order chi connectivity index (χ1) is 9.92. The minimum Gasteiger partial charge on any atom is -0.397 e. The Bertz CT molecular complexity index is 702. The molecule has 0 spiro atoms. The highest BCUT2D eigenvalue weighted by molar-refractivity contribution is 5.96. The second-order valence-electron chi connectivity index (χ2n) is 4.59. The lowest BCUT2D eigenvalue weighted by atomic mass is 10.1. The van der Waals surface area contributed by atoms with Crippen molar-refractivity contribution in [3.63, 3.8) is 0 Å². The number of hydrogen-bond donors (Lipinski definition) is 3. The first-order valence-electron chi connectivity index (χ1n) is 6.26. The second kappa shape index (κ2) is 5.78. The van der Waals surface area contributed by atoms with E-state index >= 15 is 0 Å². The van der Waals surface area contributed by atoms with Crippen LogP contribution in [0.3, 0.4) is 0 Å². The number of hydrogen-bond acceptors (Lipinski definition) is 3. The number of carbonyl (C=O) groups excluding carboxylic acids is 1. The standard InChI is InChI=1S/C15H15F2N3O/c1-8-5-11(17)14(7-10(8)16)20-13-4-3-9(6-12(13)18)15(21)19-2/h3-7,20H,18H2,1-2H3,(H,19,21). The number of nitrogens with one attached hydrogen (secondary N) is 2. The van der Waals surface area contributed by atoms with E-state index in [1.165, 1.54) is 26.1 Å². The van der Waals surface area contributed by atoms with E-state index in [1.807, 2.05) is 0 Å². The van der Waals surface area contributed by atoms with Crippen molar-refractivity contribution in [2.75, 3.05) is 18.1 Å². The summed E-state index contributed by atoms with van der Waals surface area (Å²) in [5, 5.41) is 5.20. The van der Waals surface area contributed by atoms with Crippen LogP contribution in [0, 0.1) is 18.6 Å². The summed E-state index contributed by atoms with van der Waals surface area (Å²) in [5.41, 5.74) is 7.07. The fraction of sp³-hybridized carbons (Fsp3) is 0.133. The lowest BCUT2D eigenvalue weighted by molar-refractivity contribution is 0.0963. The van der Waals surface area contributed by atoms with Crippen LogP contribution in [0.4, 0.5) is 25.8 Å². The average molecular weight is 291 g/mol. The summed E-state index contributed by atoms with van der Waals surface area (Å²) >= 11 is 0. The molecular weight excluding hydrogens is 276 g/mol. The zero-order chi connectivity index (χ0) is 15.6. The van der Waals surface area contributed by atoms with Gasteiger partial charge in [-0.1, -0.05) is 0 Å². The molecule has 2 aromatic rings. The maximum atomic E-state index is 13.8. The van der Waals surface area contributed by atoms with Crippen LogP contribution in [0.5, 0.6) is 0 Å². The number of nitrogen functional groups attached to an aromatic ring is 1. The zero-order valence-electron chi connectivity index (χ0n) is 11.6. The maximum absolute atomic E-state index is 13.8. The number of benzene rings is 2. The molecule has 1 amide bonds. The van der Waals surface area contributed by atoms with Crippen molar-refractivity contribution in [2.24, 2.45) is 0 Å². The van der Waals surface area contributed by atoms with Gasteiger partial charge in [0.15, 0.2) is 0 Å². The molecule has 0 unspecified atom stereocenters. The summed E-state index contributed by atoms with van der Waals surface area (Å²) < 4.78 is 27.3. The molecule has 0 saturated heterocycles. The highest BCUT2D eigenvalue weighted by atomic mass is 19.1. The molecule has 110 valence electrons. The van der Waals surface area contributed by atoms with Gasteiger partial charge >= 0.3 is 0 Å². The molecule has 0 radical (unpaired) electrons. The lowest BCUT2D eigenvalue weighted by Crippen LogP contribution is -2.18. The average Bonchev–Trinajstić information content (AvgIpc) is 2.45. The van der Waals surface area contributed by atoms with Crippen molar-refractivity contribution in [1.29, 1.82) is 0 Å². The van der Waals surface area contributed by atoms with Gasteiger partial charge in [-0.2, -0.15) is 0 Å². The fourth-order valence-corrected chi connectivity index (χ4v) is 1.85. The minimum absolute atomic E-state index is 0.0162. The van der Waals surface area contributed by atoms with Gasteiger partial charge in [-0.15, -0.1) is 0 Å². The Kier molecular flexibility index (Phi) is 4.07. The summed E-state index contributed by atoms with van der Waals surface area (Å²) in [7, 11) is 1.51. The van der Waals surface area contributed by atoms with Gasteiger partial charge < -0.3 is 16.4 Å². The Morgan fingerprint density at radius 1 is 1.10 bits per heavy atom. The Morgan fingerprint density at radius 2 is 1.81 bits per heavy atom. The van der Waals surface area contributed by atoms with E-state index in [0.717, 1.165) is 12.1 Å². The molecule has 21 heavy (non-hydrogen) atoms. The second-order valence-corrected chi connectivity index (χ2v) is 4.59. The molecule has 2 rings (SSSR count). The van der Waals surface area contributed by atoms with E-state index < -0.39 is 11.6 Å². The van der Waals surface area contributed by atoms with Crippen LogP contribution >= 0.6 is 0 Å². The van der Waals surface area contributed by atoms with Crippen LogP contribution in [0.15, 0.2) is 30.3 Å². The van der Waals surface area contributed by atoms with Gasteiger partial charge in [-0.25, -0.2) is 8.78 Å². The molecule has 0 heterocycles. The predicted octanol–water partition coefficient (Wildman–Crippen LogP) is 2.96. The van der Waals surface area contributed by atoms with Crippen LogP contribution in [0.1, 0.15) is 15.9 Å². The summed E-state index contributed by atoms with van der Waals surface area (Å²) in [6, 6.07) is 6.71. The molecule has 2 aromatic carbocycles. The number of halogens is 2. The Labute approximate surface area is 121 Å². The number of aryl methyl sites for hydroxylation is 1. The molecule has 4 N–H and O–H groups in total. The highest BCUT2D eigenvalue weighted by Crippen LogP contribution is 2.27. The smallest absolute Gasteiger partial charge is 0.251 e. The van der Waals surface area contributed by atoms with Crippen LogP contribution in [-0.2, 0) is 0 Å². The Hall–Kier alpha value is -2.63. The van der Waals surface area contributed by atoms with Gasteiger partial charge in [0.25, 0.3) is 5.91 Å². The highest BCUT2D eigenvalue weighted by Gasteiger charge is 2.10. The molecule has 0 atom stereocenters. The number of anilines is 3. The quantitative estimate of drug-likeness (QED) is 0.762. The van der Waals surface area contributed by atoms with E-state index in [2.05, 4.69) is 10.6 Å². The van der Waals surface area contributed by atoms with Crippen molar-refractivity contribution in [3.8, 4) is 0 Å². The summed E-state index contributed by atoms with van der Waals surface area (Å²) in [6.45, 7) is 1.48. The molecule has 4 nitrogen and oxygen atoms in total. The molecule has 0 bridgehead atoms. The molecule has 6 heteroatoms. The third-order valence-electron chi connectivity index (χ3n) is 3.06. The third-order valence-corrected chi connectivity index (χ3v) is 3.06. The largest absolute Gasteiger partial charge is 0.397 e. The number of amides is 1. The Balaban J connectivity index is 2.32. The topological polar surface area (TPSA) is 67.2 Å². The van der Waals surface area contributed by atoms with Crippen molar-refractivity contribution in [2.45, 2.75) is 6.92 Å². The van der Waals surface area contributed by atoms with Gasteiger partial charge in [-0.3, -0.25) is 4.79 Å². The van der Waals surface area contributed by atoms with Gasteiger partial charge in [0.05, 0.1) is 17.1 Å². The minimum atomic E-state index is -0.580. The fourth-order valence-electron chi connectivity index (χ4n) is 1.85. The van der Waals surface area contributed by atoms with E-state index in [9.17, 15) is 13.6 Å². The number of rotatable bonds is 3. The van der Waals surface area contributed by atoms with E-state index in [0.29, 0.717) is 11.3 Å². The first-order valence-corrected chi connectivity index (χ1v) is 6.26. The van der Waals surface area contributed by atoms with Gasteiger partial charge in [0.2, 0.25) is 0 Å². The molecule has 0 aliphatic rings. The summed E-state index contributed by atoms with van der Waals surface area (Å²) in [4.78, 5) is 11.5. The Morgan fingerprint density at radius 3 is 2.43 bits per heavy atom. The SMILES string of the molecule is CNC(=O)c1ccc(Nc2cc(F)c(C)cc2F)c(N)c1.